The van der Waals surface area contributed by atoms with Crippen LogP contribution in [0.25, 0.3) is 15.7 Å². The first kappa shape index (κ1) is 20.9. The Kier molecular flexibility index (Phi) is 4.93. The predicted octanol–water partition coefficient (Wildman–Crippen LogP) is 1.43. The number of benzene rings is 1. The van der Waals surface area contributed by atoms with Crippen LogP contribution in [0.4, 0.5) is 5.69 Å². The standard InChI is InChI=1S/C23H30N6O3/c1-25-11-13-26(2)23(9-10-23)15-8-12-27(14-15)18-7-6-17-19(20(18)32-3)28(16-4-5-16)22(31)29(24)21(17)30/h6-7,15-16H,4-5,8-14,24H2,2-3H3. The van der Waals surface area contributed by atoms with Crippen molar-refractivity contribution in [2.45, 2.75) is 43.7 Å². The minimum atomic E-state index is -0.496. The number of nitrogen functional groups attached to an aromatic ring is 1. The molecule has 0 amide bonds. The number of anilines is 1. The lowest BCUT2D eigenvalue weighted by Gasteiger charge is -2.32. The SMILES string of the molecule is [C-]#[N+]CCN(C)C1(C2CCN(c3ccc4c(=O)n(N)c(=O)n(C5CC5)c4c3OC)C2)CC1. The third-order valence-corrected chi connectivity index (χ3v) is 7.69. The maximum Gasteiger partial charge on any atom is 0.350 e. The summed E-state index contributed by atoms with van der Waals surface area (Å²) in [4.78, 5) is 33.8. The number of methoxy groups -OCH3 is 1. The summed E-state index contributed by atoms with van der Waals surface area (Å²) in [7, 11) is 3.74. The second kappa shape index (κ2) is 7.55. The second-order valence-electron chi connectivity index (χ2n) is 9.41. The molecular weight excluding hydrogens is 408 g/mol. The lowest BCUT2D eigenvalue weighted by Crippen LogP contribution is -2.44. The van der Waals surface area contributed by atoms with Crippen molar-refractivity contribution >= 4 is 16.6 Å². The van der Waals surface area contributed by atoms with Crippen molar-refractivity contribution in [2.75, 3.05) is 51.1 Å². The van der Waals surface area contributed by atoms with E-state index in [9.17, 15) is 9.59 Å². The normalized spacial score (nSPS) is 21.8. The topological polar surface area (TPSA) is 90.1 Å². The van der Waals surface area contributed by atoms with Crippen molar-refractivity contribution in [3.8, 4) is 5.75 Å². The van der Waals surface area contributed by atoms with Gasteiger partial charge in [0.2, 0.25) is 6.54 Å². The van der Waals surface area contributed by atoms with Gasteiger partial charge in [-0.2, -0.15) is 4.68 Å². The first-order valence-electron chi connectivity index (χ1n) is 11.4. The zero-order chi connectivity index (χ0) is 22.6. The van der Waals surface area contributed by atoms with Gasteiger partial charge in [-0.3, -0.25) is 14.3 Å². The van der Waals surface area contributed by atoms with Gasteiger partial charge >= 0.3 is 5.69 Å². The fraction of sp³-hybridized carbons (Fsp3) is 0.609. The lowest BCUT2D eigenvalue weighted by molar-refractivity contribution is 0.168. The van der Waals surface area contributed by atoms with Crippen molar-refractivity contribution in [1.29, 1.82) is 0 Å². The fourth-order valence-corrected chi connectivity index (χ4v) is 5.59. The highest BCUT2D eigenvalue weighted by Gasteiger charge is 2.54. The molecule has 0 radical (unpaired) electrons. The zero-order valence-corrected chi connectivity index (χ0v) is 18.7. The van der Waals surface area contributed by atoms with Crippen LogP contribution < -0.4 is 26.7 Å². The van der Waals surface area contributed by atoms with Gasteiger partial charge in [-0.05, 0) is 57.2 Å². The number of rotatable bonds is 7. The summed E-state index contributed by atoms with van der Waals surface area (Å²) in [5, 5.41) is 0.410. The third kappa shape index (κ3) is 3.08. The van der Waals surface area contributed by atoms with E-state index in [-0.39, 0.29) is 11.6 Å². The van der Waals surface area contributed by atoms with Gasteiger partial charge in [-0.1, -0.05) is 0 Å². The van der Waals surface area contributed by atoms with E-state index in [1.165, 1.54) is 12.8 Å². The molecule has 2 saturated carbocycles. The molecule has 1 aromatic heterocycles. The van der Waals surface area contributed by atoms with Gasteiger partial charge in [0.25, 0.3) is 5.56 Å². The van der Waals surface area contributed by atoms with E-state index in [4.69, 9.17) is 17.2 Å². The van der Waals surface area contributed by atoms with Gasteiger partial charge in [-0.25, -0.2) is 11.4 Å². The minimum absolute atomic E-state index is 0.0571. The molecule has 3 fully saturated rings. The monoisotopic (exact) mass is 438 g/mol. The molecule has 5 rings (SSSR count). The molecule has 2 N–H and O–H groups in total. The van der Waals surface area contributed by atoms with Crippen LogP contribution >= 0.6 is 0 Å². The van der Waals surface area contributed by atoms with Gasteiger partial charge in [0.05, 0.1) is 24.7 Å². The summed E-state index contributed by atoms with van der Waals surface area (Å²) in [6.07, 6.45) is 5.21. The predicted molar refractivity (Wildman–Crippen MR) is 124 cm³/mol. The summed E-state index contributed by atoms with van der Waals surface area (Å²) in [6, 6.07) is 3.76. The summed E-state index contributed by atoms with van der Waals surface area (Å²) in [5.41, 5.74) is 0.683. The van der Waals surface area contributed by atoms with Crippen LogP contribution in [0.3, 0.4) is 0 Å². The molecule has 0 bridgehead atoms. The number of aromatic nitrogens is 2. The molecule has 2 aromatic rings. The molecule has 170 valence electrons. The Morgan fingerprint density at radius 1 is 1.28 bits per heavy atom. The van der Waals surface area contributed by atoms with Gasteiger partial charge in [0.15, 0.2) is 5.75 Å². The molecule has 1 aliphatic heterocycles. The van der Waals surface area contributed by atoms with E-state index in [0.29, 0.717) is 33.8 Å². The van der Waals surface area contributed by atoms with Crippen LogP contribution in [0.15, 0.2) is 21.7 Å². The van der Waals surface area contributed by atoms with Crippen LogP contribution in [0.5, 0.6) is 5.75 Å². The van der Waals surface area contributed by atoms with E-state index in [1.54, 1.807) is 17.7 Å². The zero-order valence-electron chi connectivity index (χ0n) is 18.7. The Morgan fingerprint density at radius 3 is 2.66 bits per heavy atom. The fourth-order valence-electron chi connectivity index (χ4n) is 5.59. The molecule has 1 saturated heterocycles. The van der Waals surface area contributed by atoms with Gasteiger partial charge in [0.1, 0.15) is 5.52 Å². The highest BCUT2D eigenvalue weighted by atomic mass is 16.5. The molecule has 9 nitrogen and oxygen atoms in total. The van der Waals surface area contributed by atoms with Crippen molar-refractivity contribution in [3.05, 3.63) is 44.4 Å². The summed E-state index contributed by atoms with van der Waals surface area (Å²) in [5.74, 6) is 6.89. The number of likely N-dealkylation sites (N-methyl/N-ethyl adjacent to an activating group) is 1. The number of ether oxygens (including phenoxy) is 1. The summed E-state index contributed by atoms with van der Waals surface area (Å²) < 4.78 is 8.20. The van der Waals surface area contributed by atoms with E-state index in [1.807, 2.05) is 6.07 Å². The van der Waals surface area contributed by atoms with E-state index in [2.05, 4.69) is 21.7 Å². The molecule has 1 atom stereocenters. The Morgan fingerprint density at radius 2 is 2.03 bits per heavy atom. The first-order chi connectivity index (χ1) is 15.4. The summed E-state index contributed by atoms with van der Waals surface area (Å²) >= 11 is 0. The highest BCUT2D eigenvalue weighted by Crippen LogP contribution is 2.51. The molecule has 32 heavy (non-hydrogen) atoms. The molecule has 3 aliphatic rings. The summed E-state index contributed by atoms with van der Waals surface area (Å²) in [6.45, 7) is 10.2. The van der Waals surface area contributed by atoms with Crippen molar-refractivity contribution in [2.24, 2.45) is 5.92 Å². The molecule has 1 unspecified atom stereocenters. The van der Waals surface area contributed by atoms with Crippen LogP contribution in [-0.2, 0) is 0 Å². The van der Waals surface area contributed by atoms with Crippen molar-refractivity contribution < 1.29 is 4.74 Å². The van der Waals surface area contributed by atoms with Crippen LogP contribution in [0.1, 0.15) is 38.1 Å². The van der Waals surface area contributed by atoms with Gasteiger partial charge in [-0.15, -0.1) is 0 Å². The Bertz CT molecular complexity index is 1220. The first-order valence-corrected chi connectivity index (χ1v) is 11.4. The van der Waals surface area contributed by atoms with E-state index in [0.717, 1.165) is 44.6 Å². The number of hydrogen-bond donors (Lipinski definition) is 1. The van der Waals surface area contributed by atoms with Gasteiger partial charge in [0, 0.05) is 24.7 Å². The van der Waals surface area contributed by atoms with Crippen LogP contribution in [-0.4, -0.2) is 60.0 Å². The van der Waals surface area contributed by atoms with Crippen molar-refractivity contribution in [3.63, 3.8) is 0 Å². The lowest BCUT2D eigenvalue weighted by atomic mass is 9.95. The number of fused-ring (bicyclic) bond motifs is 1. The Hall–Kier alpha value is -2.99. The highest BCUT2D eigenvalue weighted by molar-refractivity contribution is 5.90. The quantitative estimate of drug-likeness (QED) is 0.520. The Balaban J connectivity index is 1.53. The minimum Gasteiger partial charge on any atom is -0.492 e. The average molecular weight is 439 g/mol. The largest absolute Gasteiger partial charge is 0.492 e. The van der Waals surface area contributed by atoms with Crippen LogP contribution in [0, 0.1) is 12.5 Å². The Labute approximate surface area is 186 Å². The maximum atomic E-state index is 12.8. The average Bonchev–Trinajstić information content (AvgIpc) is 3.74. The van der Waals surface area contributed by atoms with E-state index >= 15 is 0 Å². The van der Waals surface area contributed by atoms with Crippen LogP contribution in [0.2, 0.25) is 0 Å². The number of nitrogens with zero attached hydrogens (tertiary/aromatic N) is 5. The number of hydrogen-bond acceptors (Lipinski definition) is 6. The molecule has 1 aromatic carbocycles. The molecule has 2 heterocycles. The molecule has 0 spiro atoms. The maximum absolute atomic E-state index is 12.8. The van der Waals surface area contributed by atoms with Gasteiger partial charge < -0.3 is 20.3 Å². The smallest absolute Gasteiger partial charge is 0.350 e. The molecular formula is C23H30N6O3. The molecule has 2 aliphatic carbocycles. The molecule has 9 heteroatoms. The van der Waals surface area contributed by atoms with Crippen molar-refractivity contribution in [1.82, 2.24) is 14.1 Å². The number of nitrogens with two attached hydrogens (primary N) is 1. The third-order valence-electron chi connectivity index (χ3n) is 7.69. The second-order valence-corrected chi connectivity index (χ2v) is 9.41. The van der Waals surface area contributed by atoms with E-state index < -0.39 is 11.2 Å².